The molecule has 5 heteroatoms. The lowest BCUT2D eigenvalue weighted by atomic mass is 9.94. The molecule has 0 spiro atoms. The van der Waals surface area contributed by atoms with E-state index < -0.39 is 0 Å². The highest BCUT2D eigenvalue weighted by atomic mass is 16.5. The van der Waals surface area contributed by atoms with Crippen LogP contribution in [0.1, 0.15) is 55.1 Å². The van der Waals surface area contributed by atoms with Gasteiger partial charge in [0.05, 0.1) is 26.0 Å². The molecule has 1 aliphatic rings. The van der Waals surface area contributed by atoms with Gasteiger partial charge in [-0.25, -0.2) is 4.79 Å². The SMILES string of the molecule is CCOC(=O)c1ccoc1CN(CCO)C1CCCCC1. The third-order valence-electron chi connectivity index (χ3n) is 4.07. The van der Waals surface area contributed by atoms with Crippen LogP contribution in [0.2, 0.25) is 0 Å². The Labute approximate surface area is 125 Å². The van der Waals surface area contributed by atoms with Crippen molar-refractivity contribution in [2.24, 2.45) is 0 Å². The number of esters is 1. The maximum absolute atomic E-state index is 11.9. The lowest BCUT2D eigenvalue weighted by Gasteiger charge is -2.33. The van der Waals surface area contributed by atoms with Crippen molar-refractivity contribution in [1.82, 2.24) is 4.90 Å². The van der Waals surface area contributed by atoms with Gasteiger partial charge in [0, 0.05) is 12.6 Å². The van der Waals surface area contributed by atoms with Crippen LogP contribution in [0.4, 0.5) is 0 Å². The summed E-state index contributed by atoms with van der Waals surface area (Å²) >= 11 is 0. The van der Waals surface area contributed by atoms with Crippen LogP contribution in [0.25, 0.3) is 0 Å². The maximum Gasteiger partial charge on any atom is 0.341 e. The fourth-order valence-corrected chi connectivity index (χ4v) is 3.00. The summed E-state index contributed by atoms with van der Waals surface area (Å²) in [5.41, 5.74) is 0.496. The van der Waals surface area contributed by atoms with Crippen LogP contribution in [0.5, 0.6) is 0 Å². The van der Waals surface area contributed by atoms with E-state index in [-0.39, 0.29) is 12.6 Å². The molecule has 5 nitrogen and oxygen atoms in total. The fraction of sp³-hybridized carbons (Fsp3) is 0.688. The smallest absolute Gasteiger partial charge is 0.341 e. The first-order valence-electron chi connectivity index (χ1n) is 7.84. The van der Waals surface area contributed by atoms with Crippen molar-refractivity contribution >= 4 is 5.97 Å². The number of furan rings is 1. The quantitative estimate of drug-likeness (QED) is 0.783. The van der Waals surface area contributed by atoms with Gasteiger partial charge in [-0.2, -0.15) is 0 Å². The first-order chi connectivity index (χ1) is 10.3. The molecular weight excluding hydrogens is 270 g/mol. The van der Waals surface area contributed by atoms with Crippen molar-refractivity contribution in [2.45, 2.75) is 51.6 Å². The van der Waals surface area contributed by atoms with Crippen molar-refractivity contribution in [3.63, 3.8) is 0 Å². The van der Waals surface area contributed by atoms with Gasteiger partial charge in [0.15, 0.2) is 0 Å². The first-order valence-corrected chi connectivity index (χ1v) is 7.84. The normalized spacial score (nSPS) is 16.3. The van der Waals surface area contributed by atoms with Crippen LogP contribution < -0.4 is 0 Å². The molecule has 0 saturated heterocycles. The largest absolute Gasteiger partial charge is 0.467 e. The summed E-state index contributed by atoms with van der Waals surface area (Å²) in [6.07, 6.45) is 7.58. The Morgan fingerprint density at radius 2 is 2.19 bits per heavy atom. The van der Waals surface area contributed by atoms with Gasteiger partial charge in [-0.3, -0.25) is 4.90 Å². The van der Waals surface area contributed by atoms with E-state index in [0.29, 0.717) is 37.1 Å². The number of nitrogens with zero attached hydrogens (tertiary/aromatic N) is 1. The number of carbonyl (C=O) groups excluding carboxylic acids is 1. The van der Waals surface area contributed by atoms with E-state index in [1.807, 2.05) is 0 Å². The second-order valence-corrected chi connectivity index (χ2v) is 5.46. The molecular formula is C16H25NO4. The predicted octanol–water partition coefficient (Wildman–Crippen LogP) is 2.58. The van der Waals surface area contributed by atoms with Crippen molar-refractivity contribution in [3.8, 4) is 0 Å². The lowest BCUT2D eigenvalue weighted by Crippen LogP contribution is -2.38. The van der Waals surface area contributed by atoms with E-state index in [2.05, 4.69) is 4.90 Å². The van der Waals surface area contributed by atoms with Crippen LogP contribution in [0.3, 0.4) is 0 Å². The third-order valence-corrected chi connectivity index (χ3v) is 4.07. The van der Waals surface area contributed by atoms with Gasteiger partial charge in [0.1, 0.15) is 11.3 Å². The van der Waals surface area contributed by atoms with Crippen molar-refractivity contribution in [2.75, 3.05) is 19.8 Å². The zero-order valence-electron chi connectivity index (χ0n) is 12.7. The minimum atomic E-state index is -0.339. The van der Waals surface area contributed by atoms with Crippen LogP contribution >= 0.6 is 0 Å². The van der Waals surface area contributed by atoms with Crippen molar-refractivity contribution in [3.05, 3.63) is 23.7 Å². The topological polar surface area (TPSA) is 62.9 Å². The first kappa shape index (κ1) is 16.0. The second kappa shape index (κ2) is 8.20. The molecule has 1 N–H and O–H groups in total. The molecule has 1 aliphatic carbocycles. The summed E-state index contributed by atoms with van der Waals surface area (Å²) in [7, 11) is 0. The molecule has 0 aromatic carbocycles. The van der Waals surface area contributed by atoms with Gasteiger partial charge < -0.3 is 14.3 Å². The number of aliphatic hydroxyl groups excluding tert-OH is 1. The monoisotopic (exact) mass is 295 g/mol. The predicted molar refractivity (Wildman–Crippen MR) is 79.0 cm³/mol. The molecule has 1 aromatic rings. The van der Waals surface area contributed by atoms with Crippen LogP contribution in [0.15, 0.2) is 16.7 Å². The average molecular weight is 295 g/mol. The molecule has 1 fully saturated rings. The van der Waals surface area contributed by atoms with E-state index in [0.717, 1.165) is 12.8 Å². The van der Waals surface area contributed by atoms with E-state index in [1.165, 1.54) is 25.5 Å². The molecule has 1 saturated carbocycles. The zero-order valence-corrected chi connectivity index (χ0v) is 12.7. The molecule has 0 unspecified atom stereocenters. The van der Waals surface area contributed by atoms with E-state index in [1.54, 1.807) is 13.0 Å². The number of ether oxygens (including phenoxy) is 1. The number of hydrogen-bond acceptors (Lipinski definition) is 5. The van der Waals surface area contributed by atoms with Gasteiger partial charge in [0.25, 0.3) is 0 Å². The lowest BCUT2D eigenvalue weighted by molar-refractivity contribution is 0.0518. The number of aliphatic hydroxyl groups is 1. The summed E-state index contributed by atoms with van der Waals surface area (Å²) in [5, 5.41) is 9.29. The number of carbonyl (C=O) groups is 1. The molecule has 1 heterocycles. The molecule has 0 aliphatic heterocycles. The van der Waals surface area contributed by atoms with Gasteiger partial charge in [-0.05, 0) is 25.8 Å². The van der Waals surface area contributed by atoms with Crippen LogP contribution in [0, 0.1) is 0 Å². The Balaban J connectivity index is 2.06. The molecule has 0 radical (unpaired) electrons. The average Bonchev–Trinajstić information content (AvgIpc) is 2.96. The fourth-order valence-electron chi connectivity index (χ4n) is 3.00. The summed E-state index contributed by atoms with van der Waals surface area (Å²) < 4.78 is 10.5. The Morgan fingerprint density at radius 3 is 2.86 bits per heavy atom. The molecule has 21 heavy (non-hydrogen) atoms. The van der Waals surface area contributed by atoms with E-state index >= 15 is 0 Å². The highest BCUT2D eigenvalue weighted by molar-refractivity contribution is 5.90. The van der Waals surface area contributed by atoms with Gasteiger partial charge in [-0.15, -0.1) is 0 Å². The van der Waals surface area contributed by atoms with Crippen LogP contribution in [-0.4, -0.2) is 41.8 Å². The summed E-state index contributed by atoms with van der Waals surface area (Å²) in [6.45, 7) is 3.41. The number of rotatable bonds is 7. The van der Waals surface area contributed by atoms with E-state index in [9.17, 15) is 9.90 Å². The Morgan fingerprint density at radius 1 is 1.43 bits per heavy atom. The Kier molecular flexibility index (Phi) is 6.26. The van der Waals surface area contributed by atoms with Crippen LogP contribution in [-0.2, 0) is 11.3 Å². The molecule has 0 bridgehead atoms. The molecule has 1 aromatic heterocycles. The minimum Gasteiger partial charge on any atom is -0.467 e. The highest BCUT2D eigenvalue weighted by Crippen LogP contribution is 2.25. The Hall–Kier alpha value is -1.33. The Bertz CT molecular complexity index is 437. The maximum atomic E-state index is 11.9. The standard InChI is InChI=1S/C16H25NO4/c1-2-20-16(19)14-8-11-21-15(14)12-17(9-10-18)13-6-4-3-5-7-13/h8,11,13,18H,2-7,9-10,12H2,1H3. The second-order valence-electron chi connectivity index (χ2n) is 5.46. The third kappa shape index (κ3) is 4.32. The van der Waals surface area contributed by atoms with Gasteiger partial charge in [-0.1, -0.05) is 19.3 Å². The highest BCUT2D eigenvalue weighted by Gasteiger charge is 2.24. The summed E-state index contributed by atoms with van der Waals surface area (Å²) in [6, 6.07) is 2.12. The summed E-state index contributed by atoms with van der Waals surface area (Å²) in [4.78, 5) is 14.1. The number of hydrogen-bond donors (Lipinski definition) is 1. The zero-order chi connectivity index (χ0) is 15.1. The van der Waals surface area contributed by atoms with E-state index in [4.69, 9.17) is 9.15 Å². The molecule has 2 rings (SSSR count). The van der Waals surface area contributed by atoms with Gasteiger partial charge >= 0.3 is 5.97 Å². The molecule has 118 valence electrons. The summed E-state index contributed by atoms with van der Waals surface area (Å²) in [5.74, 6) is 0.293. The van der Waals surface area contributed by atoms with Crippen molar-refractivity contribution in [1.29, 1.82) is 0 Å². The minimum absolute atomic E-state index is 0.117. The molecule has 0 amide bonds. The van der Waals surface area contributed by atoms with Gasteiger partial charge in [0.2, 0.25) is 0 Å². The van der Waals surface area contributed by atoms with Crippen molar-refractivity contribution < 1.29 is 19.1 Å². The molecule has 0 atom stereocenters.